The highest BCUT2D eigenvalue weighted by Gasteiger charge is 2.26. The summed E-state index contributed by atoms with van der Waals surface area (Å²) in [7, 11) is 0. The van der Waals surface area contributed by atoms with Crippen LogP contribution in [-0.2, 0) is 9.59 Å². The van der Waals surface area contributed by atoms with Gasteiger partial charge in [0.1, 0.15) is 5.71 Å². The number of carboxylic acids is 1. The van der Waals surface area contributed by atoms with Gasteiger partial charge < -0.3 is 5.11 Å². The molecule has 1 heterocycles. The molecule has 0 saturated carbocycles. The average Bonchev–Trinajstić information content (AvgIpc) is 2.35. The number of benzene rings is 1. The van der Waals surface area contributed by atoms with Crippen LogP contribution in [0.4, 0.5) is 18.9 Å². The van der Waals surface area contributed by atoms with Gasteiger partial charge in [-0.05, 0) is 0 Å². The van der Waals surface area contributed by atoms with E-state index in [0.717, 1.165) is 0 Å². The van der Waals surface area contributed by atoms with Gasteiger partial charge in [-0.1, -0.05) is 0 Å². The molecule has 0 spiro atoms. The highest BCUT2D eigenvalue weighted by atomic mass is 19.2. The Kier molecular flexibility index (Phi) is 3.24. The summed E-state index contributed by atoms with van der Waals surface area (Å²) in [6, 6.07) is 1.15. The summed E-state index contributed by atoms with van der Waals surface area (Å²) < 4.78 is 38.9. The maximum atomic E-state index is 13.1. The van der Waals surface area contributed by atoms with E-state index in [-0.39, 0.29) is 24.2 Å². The second kappa shape index (κ2) is 4.71. The van der Waals surface area contributed by atoms with E-state index in [9.17, 15) is 22.8 Å². The van der Waals surface area contributed by atoms with Gasteiger partial charge in [0.2, 0.25) is 5.91 Å². The van der Waals surface area contributed by atoms with Crippen LogP contribution in [0.15, 0.2) is 17.2 Å². The van der Waals surface area contributed by atoms with Gasteiger partial charge >= 0.3 is 5.97 Å². The molecule has 1 aromatic rings. The van der Waals surface area contributed by atoms with Gasteiger partial charge in [-0.2, -0.15) is 5.10 Å². The monoisotopic (exact) mass is 272 g/mol. The summed E-state index contributed by atoms with van der Waals surface area (Å²) in [5.74, 6) is -6.60. The van der Waals surface area contributed by atoms with Crippen molar-refractivity contribution in [1.82, 2.24) is 0 Å². The largest absolute Gasteiger partial charge is 0.477 e. The zero-order valence-corrected chi connectivity index (χ0v) is 9.36. The fraction of sp³-hybridized carbons (Fsp3) is 0.182. The molecule has 8 heteroatoms. The standard InChI is InChI=1S/C11H7F3N2O3/c12-6-3-5(4-7(13)10(6)14)16-9(17)2-1-8(15-16)11(18)19/h3-4H,1-2H2,(H,18,19). The van der Waals surface area contributed by atoms with E-state index < -0.39 is 29.3 Å². The molecule has 1 aliphatic rings. The lowest BCUT2D eigenvalue weighted by molar-refractivity contribution is -0.129. The molecule has 0 fully saturated rings. The highest BCUT2D eigenvalue weighted by Crippen LogP contribution is 2.24. The summed E-state index contributed by atoms with van der Waals surface area (Å²) in [5.41, 5.74) is -0.676. The van der Waals surface area contributed by atoms with E-state index >= 15 is 0 Å². The zero-order valence-electron chi connectivity index (χ0n) is 9.36. The lowest BCUT2D eigenvalue weighted by Crippen LogP contribution is -2.34. The van der Waals surface area contributed by atoms with Crippen LogP contribution in [0.5, 0.6) is 0 Å². The molecule has 100 valence electrons. The fourth-order valence-electron chi connectivity index (χ4n) is 1.57. The Hall–Kier alpha value is -2.38. The fourth-order valence-corrected chi connectivity index (χ4v) is 1.57. The van der Waals surface area contributed by atoms with Gasteiger partial charge in [-0.15, -0.1) is 0 Å². The molecule has 0 atom stereocenters. The van der Waals surface area contributed by atoms with Gasteiger partial charge in [0.25, 0.3) is 0 Å². The quantitative estimate of drug-likeness (QED) is 0.832. The number of hydrazone groups is 1. The van der Waals surface area contributed by atoms with Crippen LogP contribution in [0, 0.1) is 17.5 Å². The summed E-state index contributed by atoms with van der Waals surface area (Å²) >= 11 is 0. The molecule has 1 N–H and O–H groups in total. The Morgan fingerprint density at radius 3 is 2.32 bits per heavy atom. The molecule has 0 saturated heterocycles. The van der Waals surface area contributed by atoms with Crippen molar-refractivity contribution in [2.45, 2.75) is 12.8 Å². The Morgan fingerprint density at radius 2 is 1.79 bits per heavy atom. The van der Waals surface area contributed by atoms with Gasteiger partial charge in [0, 0.05) is 25.0 Å². The van der Waals surface area contributed by atoms with Gasteiger partial charge in [0.05, 0.1) is 5.69 Å². The van der Waals surface area contributed by atoms with E-state index in [1.165, 1.54) is 0 Å². The van der Waals surface area contributed by atoms with E-state index in [2.05, 4.69) is 5.10 Å². The smallest absolute Gasteiger partial charge is 0.352 e. The van der Waals surface area contributed by atoms with Crippen molar-refractivity contribution in [1.29, 1.82) is 0 Å². The highest BCUT2D eigenvalue weighted by molar-refractivity contribution is 6.37. The number of anilines is 1. The molecule has 1 aliphatic heterocycles. The van der Waals surface area contributed by atoms with Crippen molar-refractivity contribution in [3.8, 4) is 0 Å². The number of halogens is 3. The molecule has 0 unspecified atom stereocenters. The molecule has 1 amide bonds. The molecular weight excluding hydrogens is 265 g/mol. The van der Waals surface area contributed by atoms with Crippen molar-refractivity contribution in [2.75, 3.05) is 5.01 Å². The van der Waals surface area contributed by atoms with Gasteiger partial charge in [0.15, 0.2) is 17.5 Å². The molecule has 1 aromatic carbocycles. The molecule has 0 radical (unpaired) electrons. The SMILES string of the molecule is O=C(O)C1=NN(c2cc(F)c(F)c(F)c2)C(=O)CC1. The van der Waals surface area contributed by atoms with Crippen molar-refractivity contribution in [3.05, 3.63) is 29.6 Å². The van der Waals surface area contributed by atoms with Crippen LogP contribution in [0.1, 0.15) is 12.8 Å². The lowest BCUT2D eigenvalue weighted by atomic mass is 10.1. The van der Waals surface area contributed by atoms with Crippen LogP contribution in [0.3, 0.4) is 0 Å². The number of aliphatic carboxylic acids is 1. The number of carbonyl (C=O) groups is 2. The number of carbonyl (C=O) groups excluding carboxylic acids is 1. The predicted octanol–water partition coefficient (Wildman–Crippen LogP) is 1.67. The third-order valence-corrected chi connectivity index (χ3v) is 2.49. The van der Waals surface area contributed by atoms with Crippen LogP contribution in [0.25, 0.3) is 0 Å². The number of rotatable bonds is 2. The van der Waals surface area contributed by atoms with Crippen LogP contribution >= 0.6 is 0 Å². The summed E-state index contributed by atoms with van der Waals surface area (Å²) in [6.07, 6.45) is -0.234. The van der Waals surface area contributed by atoms with Gasteiger partial charge in [-0.25, -0.2) is 23.0 Å². The van der Waals surface area contributed by atoms with Crippen molar-refractivity contribution < 1.29 is 27.9 Å². The zero-order chi connectivity index (χ0) is 14.2. The molecule has 5 nitrogen and oxygen atoms in total. The first-order chi connectivity index (χ1) is 8.90. The Bertz CT molecular complexity index is 578. The average molecular weight is 272 g/mol. The van der Waals surface area contributed by atoms with E-state index in [4.69, 9.17) is 5.11 Å². The molecule has 19 heavy (non-hydrogen) atoms. The molecule has 2 rings (SSSR count). The first-order valence-electron chi connectivity index (χ1n) is 5.18. The number of nitrogens with zero attached hydrogens (tertiary/aromatic N) is 2. The van der Waals surface area contributed by atoms with Crippen molar-refractivity contribution >= 4 is 23.3 Å². The number of hydrogen-bond acceptors (Lipinski definition) is 3. The van der Waals surface area contributed by atoms with Crippen LogP contribution in [0.2, 0.25) is 0 Å². The van der Waals surface area contributed by atoms with Crippen molar-refractivity contribution in [2.24, 2.45) is 5.10 Å². The Labute approximate surface area is 104 Å². The van der Waals surface area contributed by atoms with E-state index in [1.807, 2.05) is 0 Å². The summed E-state index contributed by atoms with van der Waals surface area (Å²) in [6.45, 7) is 0. The van der Waals surface area contributed by atoms with Crippen molar-refractivity contribution in [3.63, 3.8) is 0 Å². The van der Waals surface area contributed by atoms with Crippen LogP contribution in [-0.4, -0.2) is 22.7 Å². The Balaban J connectivity index is 2.47. The van der Waals surface area contributed by atoms with Gasteiger partial charge in [-0.3, -0.25) is 4.79 Å². The second-order valence-corrected chi connectivity index (χ2v) is 3.78. The minimum absolute atomic E-state index is 0.0726. The number of hydrogen-bond donors (Lipinski definition) is 1. The minimum atomic E-state index is -1.67. The molecule has 0 aromatic heterocycles. The maximum absolute atomic E-state index is 13.1. The third kappa shape index (κ3) is 2.42. The second-order valence-electron chi connectivity index (χ2n) is 3.78. The maximum Gasteiger partial charge on any atom is 0.352 e. The normalized spacial score (nSPS) is 15.4. The predicted molar refractivity (Wildman–Crippen MR) is 58.1 cm³/mol. The topological polar surface area (TPSA) is 70.0 Å². The first kappa shape index (κ1) is 13.1. The Morgan fingerprint density at radius 1 is 1.21 bits per heavy atom. The first-order valence-corrected chi connectivity index (χ1v) is 5.18. The number of carboxylic acid groups (broad SMARTS) is 1. The molecule has 0 aliphatic carbocycles. The minimum Gasteiger partial charge on any atom is -0.477 e. The van der Waals surface area contributed by atoms with E-state index in [0.29, 0.717) is 17.1 Å². The summed E-state index contributed by atoms with van der Waals surface area (Å²) in [4.78, 5) is 22.3. The molecular formula is C11H7F3N2O3. The lowest BCUT2D eigenvalue weighted by Gasteiger charge is -2.22. The number of amides is 1. The van der Waals surface area contributed by atoms with E-state index in [1.54, 1.807) is 0 Å². The third-order valence-electron chi connectivity index (χ3n) is 2.49. The molecule has 0 bridgehead atoms. The summed E-state index contributed by atoms with van der Waals surface area (Å²) in [5, 5.41) is 12.8. The van der Waals surface area contributed by atoms with Crippen LogP contribution < -0.4 is 5.01 Å².